The number of ketones is 1. The molecule has 0 aromatic heterocycles. The molecule has 2 N–H and O–H groups in total. The Bertz CT molecular complexity index is 1320. The third-order valence-corrected chi connectivity index (χ3v) is 7.22. The second-order valence-corrected chi connectivity index (χ2v) is 9.64. The summed E-state index contributed by atoms with van der Waals surface area (Å²) >= 11 is 0. The summed E-state index contributed by atoms with van der Waals surface area (Å²) in [6.45, 7) is 1.33. The van der Waals surface area contributed by atoms with Crippen molar-refractivity contribution in [1.29, 1.82) is 0 Å². The first-order valence-electron chi connectivity index (χ1n) is 13.0. The molecule has 1 aliphatic heterocycles. The number of hydrogen-bond acceptors (Lipinski definition) is 4. The summed E-state index contributed by atoms with van der Waals surface area (Å²) in [4.78, 5) is 10.5. The van der Waals surface area contributed by atoms with Gasteiger partial charge in [0.15, 0.2) is 5.78 Å². The van der Waals surface area contributed by atoms with Crippen molar-refractivity contribution in [3.05, 3.63) is 125 Å². The molecule has 0 spiro atoms. The largest absolute Gasteiger partial charge is 0.383 e. The molecule has 4 heteroatoms. The van der Waals surface area contributed by atoms with Crippen LogP contribution in [-0.4, -0.2) is 26.0 Å². The van der Waals surface area contributed by atoms with Gasteiger partial charge in [-0.25, -0.2) is 0 Å². The highest BCUT2D eigenvalue weighted by molar-refractivity contribution is 5.92. The van der Waals surface area contributed by atoms with E-state index in [1.165, 1.54) is 27.8 Å². The predicted octanol–water partition coefficient (Wildman–Crippen LogP) is 5.80. The van der Waals surface area contributed by atoms with E-state index in [2.05, 4.69) is 83.4 Å². The maximum Gasteiger partial charge on any atom is 0.174 e. The van der Waals surface area contributed by atoms with Crippen LogP contribution in [0.4, 0.5) is 0 Å². The highest BCUT2D eigenvalue weighted by Gasteiger charge is 2.24. The third-order valence-electron chi connectivity index (χ3n) is 7.22. The minimum absolute atomic E-state index is 0.0671. The van der Waals surface area contributed by atoms with Crippen LogP contribution in [0.1, 0.15) is 34.0 Å². The third kappa shape index (κ3) is 5.99. The molecule has 3 aromatic rings. The molecule has 37 heavy (non-hydrogen) atoms. The number of hydrogen-bond donors (Lipinski definition) is 2. The minimum Gasteiger partial charge on any atom is -0.383 e. The molecule has 1 heterocycles. The molecule has 3 aromatic carbocycles. The molecule has 4 nitrogen and oxygen atoms in total. The van der Waals surface area contributed by atoms with E-state index in [4.69, 9.17) is 4.74 Å². The monoisotopic (exact) mass is 490 g/mol. The molecule has 0 saturated heterocycles. The maximum absolute atomic E-state index is 10.5. The van der Waals surface area contributed by atoms with Crippen molar-refractivity contribution >= 4 is 11.9 Å². The van der Waals surface area contributed by atoms with Crippen molar-refractivity contribution in [1.82, 2.24) is 10.6 Å². The molecule has 3 aliphatic rings. The number of benzene rings is 3. The maximum atomic E-state index is 10.5. The normalized spacial score (nSPS) is 17.9. The van der Waals surface area contributed by atoms with Crippen molar-refractivity contribution in [3.8, 4) is 11.1 Å². The number of carbonyl (C=O) groups is 1. The average Bonchev–Trinajstić information content (AvgIpc) is 3.21. The Morgan fingerprint density at radius 1 is 0.919 bits per heavy atom. The Hall–Kier alpha value is -3.73. The number of nitrogens with one attached hydrogen (secondary N) is 2. The Balaban J connectivity index is 0.000000301. The van der Waals surface area contributed by atoms with Gasteiger partial charge in [-0.1, -0.05) is 85.0 Å². The van der Waals surface area contributed by atoms with E-state index in [0.717, 1.165) is 25.8 Å². The van der Waals surface area contributed by atoms with Gasteiger partial charge in [-0.3, -0.25) is 10.1 Å². The quantitative estimate of drug-likeness (QED) is 0.444. The van der Waals surface area contributed by atoms with Crippen molar-refractivity contribution in [3.63, 3.8) is 0 Å². The van der Waals surface area contributed by atoms with Crippen LogP contribution in [0.25, 0.3) is 17.2 Å². The number of ether oxygens (including phenoxy) is 1. The second-order valence-electron chi connectivity index (χ2n) is 9.64. The fourth-order valence-electron chi connectivity index (χ4n) is 5.35. The van der Waals surface area contributed by atoms with Gasteiger partial charge in [-0.2, -0.15) is 0 Å². The van der Waals surface area contributed by atoms with Crippen LogP contribution >= 0.6 is 0 Å². The molecule has 188 valence electrons. The number of aryl methyl sites for hydroxylation is 1. The fraction of sp³-hybridized carbons (Fsp3) is 0.242. The van der Waals surface area contributed by atoms with E-state index in [1.807, 2.05) is 6.07 Å². The van der Waals surface area contributed by atoms with Gasteiger partial charge in [0.05, 0.1) is 6.54 Å². The first-order valence-corrected chi connectivity index (χ1v) is 13.0. The zero-order chi connectivity index (χ0) is 25.5. The average molecular weight is 491 g/mol. The van der Waals surface area contributed by atoms with Gasteiger partial charge in [0, 0.05) is 13.7 Å². The number of allylic oxidation sites excluding steroid dienone is 2. The molecule has 2 unspecified atom stereocenters. The van der Waals surface area contributed by atoms with Crippen LogP contribution in [0.2, 0.25) is 0 Å². The topological polar surface area (TPSA) is 50.4 Å². The Kier molecular flexibility index (Phi) is 8.09. The molecule has 2 atom stereocenters. The molecule has 0 bridgehead atoms. The Labute approximate surface area is 219 Å². The lowest BCUT2D eigenvalue weighted by atomic mass is 9.78. The summed E-state index contributed by atoms with van der Waals surface area (Å²) < 4.78 is 5.69. The summed E-state index contributed by atoms with van der Waals surface area (Å²) in [7, 11) is 1.77. The molecule has 0 amide bonds. The Morgan fingerprint density at radius 3 is 2.62 bits per heavy atom. The van der Waals surface area contributed by atoms with E-state index >= 15 is 0 Å². The van der Waals surface area contributed by atoms with Crippen LogP contribution in [0.5, 0.6) is 0 Å². The zero-order valence-electron chi connectivity index (χ0n) is 21.3. The zero-order valence-corrected chi connectivity index (χ0v) is 21.3. The lowest BCUT2D eigenvalue weighted by Crippen LogP contribution is -2.30. The summed E-state index contributed by atoms with van der Waals surface area (Å²) in [6, 6.07) is 23.9. The van der Waals surface area contributed by atoms with E-state index in [1.54, 1.807) is 42.7 Å². The number of methoxy groups -OCH3 is 1. The van der Waals surface area contributed by atoms with Gasteiger partial charge >= 0.3 is 0 Å². The molecule has 2 aliphatic carbocycles. The Morgan fingerprint density at radius 2 is 1.76 bits per heavy atom. The number of rotatable bonds is 5. The van der Waals surface area contributed by atoms with Gasteiger partial charge in [0.1, 0.15) is 6.23 Å². The van der Waals surface area contributed by atoms with Crippen molar-refractivity contribution in [2.75, 3.05) is 20.2 Å². The summed E-state index contributed by atoms with van der Waals surface area (Å²) in [6.07, 6.45) is 14.8. The molecule has 0 radical (unpaired) electrons. The van der Waals surface area contributed by atoms with Gasteiger partial charge in [-0.15, -0.1) is 0 Å². The highest BCUT2D eigenvalue weighted by Crippen LogP contribution is 2.39. The van der Waals surface area contributed by atoms with Crippen molar-refractivity contribution in [2.24, 2.45) is 5.92 Å². The predicted molar refractivity (Wildman–Crippen MR) is 151 cm³/mol. The van der Waals surface area contributed by atoms with Crippen LogP contribution in [0, 0.1) is 5.92 Å². The fourth-order valence-corrected chi connectivity index (χ4v) is 5.35. The van der Waals surface area contributed by atoms with Gasteiger partial charge in [0.25, 0.3) is 0 Å². The van der Waals surface area contributed by atoms with Gasteiger partial charge < -0.3 is 10.1 Å². The first-order chi connectivity index (χ1) is 18.2. The molecular weight excluding hydrogens is 456 g/mol. The first kappa shape index (κ1) is 24.9. The van der Waals surface area contributed by atoms with Crippen molar-refractivity contribution < 1.29 is 9.53 Å². The summed E-state index contributed by atoms with van der Waals surface area (Å²) in [5, 5.41) is 6.41. The van der Waals surface area contributed by atoms with E-state index in [9.17, 15) is 4.79 Å². The summed E-state index contributed by atoms with van der Waals surface area (Å²) in [5.74, 6) is 0.600. The second kappa shape index (κ2) is 12.0. The van der Waals surface area contributed by atoms with Crippen LogP contribution in [-0.2, 0) is 28.8 Å². The molecular formula is C33H34N2O2. The van der Waals surface area contributed by atoms with Gasteiger partial charge in [-0.05, 0) is 82.5 Å². The summed E-state index contributed by atoms with van der Waals surface area (Å²) in [5.41, 5.74) is 10.0. The SMILES string of the molecule is COC(NCC1C=Cc2ccc3c(c2C1)CCc1ccccc1-3)c1ccccc1.O=C1C=CC=CNC1. The van der Waals surface area contributed by atoms with E-state index in [-0.39, 0.29) is 12.0 Å². The van der Waals surface area contributed by atoms with Crippen LogP contribution in [0.15, 0.2) is 97.2 Å². The van der Waals surface area contributed by atoms with Crippen molar-refractivity contribution in [2.45, 2.75) is 25.5 Å². The molecule has 0 fully saturated rings. The lowest BCUT2D eigenvalue weighted by molar-refractivity contribution is -0.113. The lowest BCUT2D eigenvalue weighted by Gasteiger charge is -2.28. The van der Waals surface area contributed by atoms with Gasteiger partial charge in [0.2, 0.25) is 0 Å². The van der Waals surface area contributed by atoms with E-state index < -0.39 is 0 Å². The van der Waals surface area contributed by atoms with E-state index in [0.29, 0.717) is 12.5 Å². The van der Waals surface area contributed by atoms with Crippen LogP contribution in [0.3, 0.4) is 0 Å². The molecule has 0 saturated carbocycles. The number of fused-ring (bicyclic) bond motifs is 5. The van der Waals surface area contributed by atoms with Crippen LogP contribution < -0.4 is 10.6 Å². The number of carbonyl (C=O) groups excluding carboxylic acids is 1. The highest BCUT2D eigenvalue weighted by atomic mass is 16.5. The smallest absolute Gasteiger partial charge is 0.174 e. The standard InChI is InChI=1S/C27H27NO.C6H7NO/c1-29-27(22-8-3-2-4-9-22)28-18-19-11-12-21-14-15-24-23-10-6-5-7-20(23)13-16-25(24)26(21)17-19;8-6-3-1-2-4-7-5-6/h2-12,14-15,19,27-28H,13,16-18H2,1H3;1-4,7H,5H2. The minimum atomic E-state index is -0.0671. The molecule has 6 rings (SSSR count).